The first-order valence-electron chi connectivity index (χ1n) is 4.28. The third-order valence-electron chi connectivity index (χ3n) is 1.56. The molecule has 0 spiro atoms. The summed E-state index contributed by atoms with van der Waals surface area (Å²) in [5.74, 6) is 0.926. The summed E-state index contributed by atoms with van der Waals surface area (Å²) in [7, 11) is 0. The highest BCUT2D eigenvalue weighted by Gasteiger charge is 1.92. The summed E-state index contributed by atoms with van der Waals surface area (Å²) in [6.07, 6.45) is 4.07. The molecular weight excluding hydrogens is 228 g/mol. The van der Waals surface area contributed by atoms with Crippen molar-refractivity contribution in [1.29, 1.82) is 0 Å². The second-order valence-corrected chi connectivity index (χ2v) is 3.40. The average molecular weight is 241 g/mol. The minimum absolute atomic E-state index is 0.708. The highest BCUT2D eigenvalue weighted by molar-refractivity contribution is 9.09. The van der Waals surface area contributed by atoms with Gasteiger partial charge in [0.25, 0.3) is 0 Å². The molecule has 0 unspecified atom stereocenters. The van der Waals surface area contributed by atoms with E-state index in [-0.39, 0.29) is 0 Å². The number of allylic oxidation sites excluding steroid dienone is 1. The Kier molecular flexibility index (Phi) is 4.61. The van der Waals surface area contributed by atoms with Crippen molar-refractivity contribution in [3.63, 3.8) is 0 Å². The van der Waals surface area contributed by atoms with E-state index in [4.69, 9.17) is 4.74 Å². The Morgan fingerprint density at radius 3 is 3.00 bits per heavy atom. The van der Waals surface area contributed by atoms with Gasteiger partial charge in [0.05, 0.1) is 6.61 Å². The Bertz CT molecular complexity index is 281. The van der Waals surface area contributed by atoms with Crippen molar-refractivity contribution in [3.8, 4) is 5.75 Å². The molecule has 1 aromatic carbocycles. The molecular formula is C11H13BrO. The highest BCUT2D eigenvalue weighted by Crippen LogP contribution is 2.14. The quantitative estimate of drug-likeness (QED) is 0.733. The smallest absolute Gasteiger partial charge is 0.119 e. The first-order valence-corrected chi connectivity index (χ1v) is 5.40. The highest BCUT2D eigenvalue weighted by atomic mass is 79.9. The van der Waals surface area contributed by atoms with Crippen LogP contribution in [0.5, 0.6) is 5.75 Å². The molecule has 0 saturated heterocycles. The fraction of sp³-hybridized carbons (Fsp3) is 0.273. The summed E-state index contributed by atoms with van der Waals surface area (Å²) in [4.78, 5) is 0. The molecule has 0 bridgehead atoms. The van der Waals surface area contributed by atoms with Gasteiger partial charge in [0.15, 0.2) is 0 Å². The van der Waals surface area contributed by atoms with Gasteiger partial charge in [0.1, 0.15) is 5.75 Å². The topological polar surface area (TPSA) is 9.23 Å². The first kappa shape index (κ1) is 10.3. The first-order chi connectivity index (χ1) is 6.36. The molecule has 0 heterocycles. The molecule has 0 amide bonds. The third kappa shape index (κ3) is 3.64. The van der Waals surface area contributed by atoms with E-state index in [1.54, 1.807) is 0 Å². The Morgan fingerprint density at radius 1 is 1.46 bits per heavy atom. The Morgan fingerprint density at radius 2 is 2.31 bits per heavy atom. The monoisotopic (exact) mass is 240 g/mol. The SMILES string of the molecule is C/C=C/c1cccc(OCCBr)c1. The van der Waals surface area contributed by atoms with E-state index >= 15 is 0 Å². The van der Waals surface area contributed by atoms with Crippen LogP contribution in [0.4, 0.5) is 0 Å². The normalized spacial score (nSPS) is 10.6. The largest absolute Gasteiger partial charge is 0.493 e. The zero-order chi connectivity index (χ0) is 9.52. The number of benzene rings is 1. The van der Waals surface area contributed by atoms with Crippen molar-refractivity contribution in [3.05, 3.63) is 35.9 Å². The molecule has 0 aliphatic rings. The lowest BCUT2D eigenvalue weighted by Gasteiger charge is -2.03. The maximum Gasteiger partial charge on any atom is 0.119 e. The van der Waals surface area contributed by atoms with E-state index in [2.05, 4.69) is 28.1 Å². The fourth-order valence-corrected chi connectivity index (χ4v) is 1.22. The van der Waals surface area contributed by atoms with Crippen LogP contribution in [0.2, 0.25) is 0 Å². The van der Waals surface area contributed by atoms with E-state index in [9.17, 15) is 0 Å². The van der Waals surface area contributed by atoms with Gasteiger partial charge in [-0.05, 0) is 24.6 Å². The summed E-state index contributed by atoms with van der Waals surface area (Å²) < 4.78 is 5.46. The molecule has 0 saturated carbocycles. The van der Waals surface area contributed by atoms with Gasteiger partial charge in [-0.3, -0.25) is 0 Å². The standard InChI is InChI=1S/C11H13BrO/c1-2-4-10-5-3-6-11(9-10)13-8-7-12/h2-6,9H,7-8H2,1H3/b4-2+. The second kappa shape index (κ2) is 5.81. The maximum atomic E-state index is 5.46. The lowest BCUT2D eigenvalue weighted by atomic mass is 10.2. The zero-order valence-electron chi connectivity index (χ0n) is 7.66. The van der Waals surface area contributed by atoms with Crippen molar-refractivity contribution in [2.75, 3.05) is 11.9 Å². The molecule has 0 aromatic heterocycles. The minimum Gasteiger partial charge on any atom is -0.493 e. The van der Waals surface area contributed by atoms with E-state index in [0.29, 0.717) is 6.61 Å². The van der Waals surface area contributed by atoms with Gasteiger partial charge in [0.2, 0.25) is 0 Å². The van der Waals surface area contributed by atoms with E-state index in [1.807, 2.05) is 31.2 Å². The van der Waals surface area contributed by atoms with E-state index < -0.39 is 0 Å². The molecule has 0 aliphatic heterocycles. The van der Waals surface area contributed by atoms with Gasteiger partial charge in [-0.15, -0.1) is 0 Å². The Labute approximate surface area is 87.5 Å². The average Bonchev–Trinajstić information content (AvgIpc) is 2.16. The van der Waals surface area contributed by atoms with Crippen molar-refractivity contribution >= 4 is 22.0 Å². The van der Waals surface area contributed by atoms with Crippen LogP contribution in [-0.4, -0.2) is 11.9 Å². The van der Waals surface area contributed by atoms with Crippen LogP contribution in [0.1, 0.15) is 12.5 Å². The van der Waals surface area contributed by atoms with Crippen molar-refractivity contribution in [1.82, 2.24) is 0 Å². The number of ether oxygens (including phenoxy) is 1. The molecule has 0 N–H and O–H groups in total. The maximum absolute atomic E-state index is 5.46. The number of rotatable bonds is 4. The van der Waals surface area contributed by atoms with Gasteiger partial charge >= 0.3 is 0 Å². The van der Waals surface area contributed by atoms with Crippen LogP contribution >= 0.6 is 15.9 Å². The van der Waals surface area contributed by atoms with Gasteiger partial charge < -0.3 is 4.74 Å². The Hall–Kier alpha value is -0.760. The molecule has 0 fully saturated rings. The van der Waals surface area contributed by atoms with Gasteiger partial charge in [-0.2, -0.15) is 0 Å². The van der Waals surface area contributed by atoms with Gasteiger partial charge in [-0.25, -0.2) is 0 Å². The summed E-state index contributed by atoms with van der Waals surface area (Å²) >= 11 is 3.32. The minimum atomic E-state index is 0.708. The number of alkyl halides is 1. The van der Waals surface area contributed by atoms with Crippen molar-refractivity contribution in [2.24, 2.45) is 0 Å². The molecule has 13 heavy (non-hydrogen) atoms. The number of hydrogen-bond acceptors (Lipinski definition) is 1. The fourth-order valence-electron chi connectivity index (χ4n) is 1.06. The molecule has 1 nitrogen and oxygen atoms in total. The van der Waals surface area contributed by atoms with Gasteiger partial charge in [0, 0.05) is 5.33 Å². The zero-order valence-corrected chi connectivity index (χ0v) is 9.25. The third-order valence-corrected chi connectivity index (χ3v) is 1.89. The molecule has 1 rings (SSSR count). The van der Waals surface area contributed by atoms with Crippen LogP contribution in [0.3, 0.4) is 0 Å². The van der Waals surface area contributed by atoms with E-state index in [1.165, 1.54) is 5.56 Å². The molecule has 1 aromatic rings. The molecule has 0 aliphatic carbocycles. The van der Waals surface area contributed by atoms with Crippen LogP contribution in [0, 0.1) is 0 Å². The summed E-state index contributed by atoms with van der Waals surface area (Å²) in [5, 5.41) is 0.862. The van der Waals surface area contributed by atoms with Crippen LogP contribution in [0.15, 0.2) is 30.3 Å². The second-order valence-electron chi connectivity index (χ2n) is 2.61. The summed E-state index contributed by atoms with van der Waals surface area (Å²) in [6, 6.07) is 8.05. The molecule has 0 radical (unpaired) electrons. The number of halogens is 1. The predicted molar refractivity (Wildman–Crippen MR) is 60.4 cm³/mol. The van der Waals surface area contributed by atoms with Crippen LogP contribution in [-0.2, 0) is 0 Å². The van der Waals surface area contributed by atoms with Crippen molar-refractivity contribution in [2.45, 2.75) is 6.92 Å². The van der Waals surface area contributed by atoms with Crippen molar-refractivity contribution < 1.29 is 4.74 Å². The lowest BCUT2D eigenvalue weighted by Crippen LogP contribution is -1.97. The molecule has 70 valence electrons. The summed E-state index contributed by atoms with van der Waals surface area (Å²) in [5.41, 5.74) is 1.18. The molecule has 2 heteroatoms. The number of hydrogen-bond donors (Lipinski definition) is 0. The van der Waals surface area contributed by atoms with Crippen LogP contribution in [0.25, 0.3) is 6.08 Å². The summed E-state index contributed by atoms with van der Waals surface area (Å²) in [6.45, 7) is 2.71. The van der Waals surface area contributed by atoms with Gasteiger partial charge in [-0.1, -0.05) is 40.2 Å². The lowest BCUT2D eigenvalue weighted by molar-refractivity contribution is 0.345. The predicted octanol–water partition coefficient (Wildman–Crippen LogP) is 3.49. The Balaban J connectivity index is 2.67. The van der Waals surface area contributed by atoms with E-state index in [0.717, 1.165) is 11.1 Å². The molecule has 0 atom stereocenters. The van der Waals surface area contributed by atoms with Crippen LogP contribution < -0.4 is 4.74 Å².